The third-order valence-electron chi connectivity index (χ3n) is 2.34. The molecule has 1 amide bonds. The molecule has 3 N–H and O–H groups in total. The van der Waals surface area contributed by atoms with Crippen molar-refractivity contribution in [3.05, 3.63) is 47.5 Å². The van der Waals surface area contributed by atoms with Crippen LogP contribution in [0.3, 0.4) is 0 Å². The SMILES string of the molecule is NC(=O)c1cnn(-c2c(F)cccc2CO)c1. The number of hydrogen-bond donors (Lipinski definition) is 2. The molecule has 0 atom stereocenters. The van der Waals surface area contributed by atoms with Gasteiger partial charge >= 0.3 is 0 Å². The Balaban J connectivity index is 2.55. The lowest BCUT2D eigenvalue weighted by Crippen LogP contribution is -2.09. The predicted octanol–water partition coefficient (Wildman–Crippen LogP) is 0.603. The Kier molecular flexibility index (Phi) is 2.88. The van der Waals surface area contributed by atoms with Crippen LogP contribution in [0.4, 0.5) is 4.39 Å². The third kappa shape index (κ3) is 2.02. The quantitative estimate of drug-likeness (QED) is 0.817. The molecule has 0 unspecified atom stereocenters. The van der Waals surface area contributed by atoms with Crippen LogP contribution in [0.25, 0.3) is 5.69 Å². The number of aliphatic hydroxyl groups excluding tert-OH is 1. The van der Waals surface area contributed by atoms with E-state index in [1.54, 1.807) is 6.07 Å². The number of rotatable bonds is 3. The molecule has 0 fully saturated rings. The van der Waals surface area contributed by atoms with E-state index in [1.807, 2.05) is 0 Å². The van der Waals surface area contributed by atoms with Crippen molar-refractivity contribution in [2.24, 2.45) is 5.73 Å². The Bertz CT molecular complexity index is 566. The summed E-state index contributed by atoms with van der Waals surface area (Å²) in [6.45, 7) is -0.321. The zero-order chi connectivity index (χ0) is 12.4. The summed E-state index contributed by atoms with van der Waals surface area (Å²) in [4.78, 5) is 10.9. The molecule has 1 aromatic carbocycles. The van der Waals surface area contributed by atoms with Gasteiger partial charge in [-0.3, -0.25) is 4.79 Å². The molecule has 5 nitrogen and oxygen atoms in total. The largest absolute Gasteiger partial charge is 0.392 e. The minimum Gasteiger partial charge on any atom is -0.392 e. The molecule has 0 radical (unpaired) electrons. The van der Waals surface area contributed by atoms with Crippen molar-refractivity contribution in [1.29, 1.82) is 0 Å². The number of halogens is 1. The number of carbonyl (C=O) groups excluding carboxylic acids is 1. The highest BCUT2D eigenvalue weighted by Crippen LogP contribution is 2.18. The van der Waals surface area contributed by atoms with Crippen molar-refractivity contribution < 1.29 is 14.3 Å². The van der Waals surface area contributed by atoms with Crippen molar-refractivity contribution in [3.63, 3.8) is 0 Å². The molecule has 0 aliphatic rings. The van der Waals surface area contributed by atoms with Crippen LogP contribution in [0.2, 0.25) is 0 Å². The first-order chi connectivity index (χ1) is 8.13. The Morgan fingerprint density at radius 2 is 2.29 bits per heavy atom. The monoisotopic (exact) mass is 235 g/mol. The number of hydrogen-bond acceptors (Lipinski definition) is 3. The van der Waals surface area contributed by atoms with E-state index in [-0.39, 0.29) is 17.9 Å². The normalized spacial score (nSPS) is 10.5. The zero-order valence-electron chi connectivity index (χ0n) is 8.80. The van der Waals surface area contributed by atoms with Gasteiger partial charge in [0, 0.05) is 11.8 Å². The maximum Gasteiger partial charge on any atom is 0.251 e. The number of carbonyl (C=O) groups is 1. The molecule has 0 bridgehead atoms. The fourth-order valence-corrected chi connectivity index (χ4v) is 1.52. The highest BCUT2D eigenvalue weighted by Gasteiger charge is 2.12. The third-order valence-corrected chi connectivity index (χ3v) is 2.34. The van der Waals surface area contributed by atoms with Crippen molar-refractivity contribution in [1.82, 2.24) is 9.78 Å². The molecule has 0 saturated carbocycles. The number of amides is 1. The number of primary amides is 1. The van der Waals surface area contributed by atoms with Gasteiger partial charge in [-0.1, -0.05) is 12.1 Å². The number of nitrogens with zero attached hydrogens (tertiary/aromatic N) is 2. The van der Waals surface area contributed by atoms with E-state index in [1.165, 1.54) is 29.2 Å². The summed E-state index contributed by atoms with van der Waals surface area (Å²) in [6, 6.07) is 4.31. The smallest absolute Gasteiger partial charge is 0.251 e. The lowest BCUT2D eigenvalue weighted by molar-refractivity contribution is 0.100. The van der Waals surface area contributed by atoms with Crippen molar-refractivity contribution >= 4 is 5.91 Å². The van der Waals surface area contributed by atoms with Gasteiger partial charge in [0.2, 0.25) is 0 Å². The van der Waals surface area contributed by atoms with Crippen LogP contribution in [0.15, 0.2) is 30.6 Å². The van der Waals surface area contributed by atoms with Gasteiger partial charge < -0.3 is 10.8 Å². The van der Waals surface area contributed by atoms with Gasteiger partial charge in [-0.2, -0.15) is 5.10 Å². The van der Waals surface area contributed by atoms with E-state index in [2.05, 4.69) is 5.10 Å². The van der Waals surface area contributed by atoms with Crippen LogP contribution in [0.5, 0.6) is 0 Å². The summed E-state index contributed by atoms with van der Waals surface area (Å²) in [5.41, 5.74) is 5.75. The van der Waals surface area contributed by atoms with Crippen LogP contribution in [0, 0.1) is 5.82 Å². The fourth-order valence-electron chi connectivity index (χ4n) is 1.52. The molecular formula is C11H10FN3O2. The van der Waals surface area contributed by atoms with Gasteiger partial charge in [0.25, 0.3) is 5.91 Å². The summed E-state index contributed by atoms with van der Waals surface area (Å²) >= 11 is 0. The van der Waals surface area contributed by atoms with Crippen LogP contribution >= 0.6 is 0 Å². The molecule has 17 heavy (non-hydrogen) atoms. The second kappa shape index (κ2) is 4.34. The minimum absolute atomic E-state index is 0.113. The summed E-state index contributed by atoms with van der Waals surface area (Å²) in [5, 5.41) is 13.0. The fraction of sp³-hybridized carbons (Fsp3) is 0.0909. The second-order valence-corrected chi connectivity index (χ2v) is 3.44. The van der Waals surface area contributed by atoms with Crippen molar-refractivity contribution in [2.75, 3.05) is 0 Å². The summed E-state index contributed by atoms with van der Waals surface area (Å²) in [7, 11) is 0. The van der Waals surface area contributed by atoms with Crippen molar-refractivity contribution in [2.45, 2.75) is 6.61 Å². The number of aromatic nitrogens is 2. The van der Waals surface area contributed by atoms with Crippen molar-refractivity contribution in [3.8, 4) is 5.69 Å². The second-order valence-electron chi connectivity index (χ2n) is 3.44. The first kappa shape index (κ1) is 11.3. The maximum atomic E-state index is 13.6. The summed E-state index contributed by atoms with van der Waals surface area (Å²) in [5.74, 6) is -1.17. The number of para-hydroxylation sites is 1. The standard InChI is InChI=1S/C11H10FN3O2/c12-9-3-1-2-7(6-16)10(9)15-5-8(4-14-15)11(13)17/h1-5,16H,6H2,(H2,13,17). The first-order valence-corrected chi connectivity index (χ1v) is 4.86. The van der Waals surface area contributed by atoms with E-state index in [0.29, 0.717) is 5.56 Å². The lowest BCUT2D eigenvalue weighted by atomic mass is 10.2. The molecule has 1 heterocycles. The maximum absolute atomic E-state index is 13.6. The number of benzene rings is 1. The van der Waals surface area contributed by atoms with Gasteiger partial charge in [-0.15, -0.1) is 0 Å². The van der Waals surface area contributed by atoms with Crippen LogP contribution in [-0.4, -0.2) is 20.8 Å². The topological polar surface area (TPSA) is 81.1 Å². The van der Waals surface area contributed by atoms with Crippen LogP contribution in [0.1, 0.15) is 15.9 Å². The molecule has 6 heteroatoms. The summed E-state index contributed by atoms with van der Waals surface area (Å²) < 4.78 is 14.8. The van der Waals surface area contributed by atoms with Crippen LogP contribution in [-0.2, 0) is 6.61 Å². The van der Waals surface area contributed by atoms with E-state index in [9.17, 15) is 9.18 Å². The van der Waals surface area contributed by atoms with Gasteiger partial charge in [-0.25, -0.2) is 9.07 Å². The summed E-state index contributed by atoms with van der Waals surface area (Å²) in [6.07, 6.45) is 2.57. The molecule has 0 aliphatic carbocycles. The lowest BCUT2D eigenvalue weighted by Gasteiger charge is -2.07. The number of nitrogens with two attached hydrogens (primary N) is 1. The Labute approximate surface area is 96.3 Å². The van der Waals surface area contributed by atoms with E-state index in [4.69, 9.17) is 10.8 Å². The highest BCUT2D eigenvalue weighted by molar-refractivity contribution is 5.92. The first-order valence-electron chi connectivity index (χ1n) is 4.86. The van der Waals surface area contributed by atoms with Gasteiger partial charge in [0.05, 0.1) is 18.4 Å². The Hall–Kier alpha value is -2.21. The average molecular weight is 235 g/mol. The average Bonchev–Trinajstić information content (AvgIpc) is 2.77. The van der Waals surface area contributed by atoms with E-state index in [0.717, 1.165) is 0 Å². The van der Waals surface area contributed by atoms with Gasteiger partial charge in [0.15, 0.2) is 0 Å². The zero-order valence-corrected chi connectivity index (χ0v) is 8.80. The van der Waals surface area contributed by atoms with E-state index >= 15 is 0 Å². The van der Waals surface area contributed by atoms with E-state index < -0.39 is 11.7 Å². The van der Waals surface area contributed by atoms with Crippen LogP contribution < -0.4 is 5.73 Å². The number of aliphatic hydroxyl groups is 1. The Morgan fingerprint density at radius 1 is 1.53 bits per heavy atom. The highest BCUT2D eigenvalue weighted by atomic mass is 19.1. The molecule has 2 aromatic rings. The molecule has 1 aromatic heterocycles. The molecule has 88 valence electrons. The van der Waals surface area contributed by atoms with Gasteiger partial charge in [-0.05, 0) is 6.07 Å². The Morgan fingerprint density at radius 3 is 2.88 bits per heavy atom. The molecule has 0 aliphatic heterocycles. The predicted molar refractivity (Wildman–Crippen MR) is 58.0 cm³/mol. The molecular weight excluding hydrogens is 225 g/mol. The molecule has 2 rings (SSSR count). The molecule has 0 saturated heterocycles. The minimum atomic E-state index is -0.641. The molecule has 0 spiro atoms. The van der Waals surface area contributed by atoms with Gasteiger partial charge in [0.1, 0.15) is 11.5 Å².